The highest BCUT2D eigenvalue weighted by Crippen LogP contribution is 2.37. The number of aromatic nitrogens is 6. The lowest BCUT2D eigenvalue weighted by atomic mass is 9.93. The molecule has 6 nitrogen and oxygen atoms in total. The van der Waals surface area contributed by atoms with E-state index >= 15 is 0 Å². The van der Waals surface area contributed by atoms with Crippen LogP contribution in [-0.4, -0.2) is 29.5 Å². The SMILES string of the molecule is c1cncc(-c2ncnc(-c3ccc(-c4ccc(-n5c6ccccc6c6ccccc65)cc4)c(-c4cccnc4)c3)n2)c1. The van der Waals surface area contributed by atoms with Crippen molar-refractivity contribution in [1.29, 1.82) is 0 Å². The smallest absolute Gasteiger partial charge is 0.164 e. The van der Waals surface area contributed by atoms with Crippen LogP contribution in [-0.2, 0) is 0 Å². The van der Waals surface area contributed by atoms with Gasteiger partial charge in [0.15, 0.2) is 11.6 Å². The van der Waals surface area contributed by atoms with Crippen molar-refractivity contribution in [1.82, 2.24) is 29.5 Å². The molecule has 0 aliphatic rings. The molecule has 6 heteroatoms. The van der Waals surface area contributed by atoms with Gasteiger partial charge in [-0.2, -0.15) is 0 Å². The van der Waals surface area contributed by atoms with Gasteiger partial charge in [-0.1, -0.05) is 66.7 Å². The summed E-state index contributed by atoms with van der Waals surface area (Å²) in [6, 6.07) is 40.1. The molecular weight excluding hydrogens is 528 g/mol. The summed E-state index contributed by atoms with van der Waals surface area (Å²) in [6.45, 7) is 0. The van der Waals surface area contributed by atoms with Gasteiger partial charge in [-0.15, -0.1) is 0 Å². The van der Waals surface area contributed by atoms with Crippen LogP contribution in [0.5, 0.6) is 0 Å². The Balaban J connectivity index is 1.23. The topological polar surface area (TPSA) is 69.4 Å². The van der Waals surface area contributed by atoms with E-state index in [9.17, 15) is 0 Å². The van der Waals surface area contributed by atoms with E-state index in [4.69, 9.17) is 4.98 Å². The molecule has 0 aliphatic heterocycles. The van der Waals surface area contributed by atoms with Crippen LogP contribution in [0.1, 0.15) is 0 Å². The zero-order valence-electron chi connectivity index (χ0n) is 23.0. The van der Waals surface area contributed by atoms with E-state index in [1.165, 1.54) is 21.8 Å². The third-order valence-corrected chi connectivity index (χ3v) is 7.76. The van der Waals surface area contributed by atoms with E-state index in [0.29, 0.717) is 11.6 Å². The van der Waals surface area contributed by atoms with Crippen molar-refractivity contribution in [3.05, 3.63) is 146 Å². The van der Waals surface area contributed by atoms with Crippen molar-refractivity contribution in [3.8, 4) is 50.7 Å². The molecule has 0 fully saturated rings. The fourth-order valence-electron chi connectivity index (χ4n) is 5.76. The van der Waals surface area contributed by atoms with E-state index in [1.807, 2.05) is 24.4 Å². The maximum atomic E-state index is 4.76. The van der Waals surface area contributed by atoms with Crippen molar-refractivity contribution in [2.45, 2.75) is 0 Å². The quantitative estimate of drug-likeness (QED) is 0.214. The molecule has 0 aliphatic carbocycles. The maximum Gasteiger partial charge on any atom is 0.164 e. The predicted octanol–water partition coefficient (Wildman–Crippen LogP) is 8.43. The highest BCUT2D eigenvalue weighted by molar-refractivity contribution is 6.09. The molecule has 8 aromatic rings. The molecular formula is C37H24N6. The normalized spacial score (nSPS) is 11.3. The summed E-state index contributed by atoms with van der Waals surface area (Å²) in [7, 11) is 0. The molecule has 0 N–H and O–H groups in total. The molecule has 4 heterocycles. The third-order valence-electron chi connectivity index (χ3n) is 7.76. The van der Waals surface area contributed by atoms with Crippen LogP contribution in [0.3, 0.4) is 0 Å². The molecule has 4 aromatic heterocycles. The second-order valence-corrected chi connectivity index (χ2v) is 10.3. The van der Waals surface area contributed by atoms with Crippen molar-refractivity contribution in [2.75, 3.05) is 0 Å². The molecule has 0 amide bonds. The number of para-hydroxylation sites is 2. The first-order valence-electron chi connectivity index (χ1n) is 14.1. The number of pyridine rings is 2. The van der Waals surface area contributed by atoms with Crippen LogP contribution in [0.2, 0.25) is 0 Å². The number of rotatable bonds is 5. The molecule has 0 saturated carbocycles. The van der Waals surface area contributed by atoms with Gasteiger partial charge in [0.1, 0.15) is 6.33 Å². The lowest BCUT2D eigenvalue weighted by molar-refractivity contribution is 1.06. The van der Waals surface area contributed by atoms with Gasteiger partial charge in [-0.25, -0.2) is 15.0 Å². The minimum Gasteiger partial charge on any atom is -0.309 e. The molecule has 0 radical (unpaired) electrons. The second kappa shape index (κ2) is 10.4. The minimum atomic E-state index is 0.589. The van der Waals surface area contributed by atoms with Gasteiger partial charge in [-0.3, -0.25) is 9.97 Å². The van der Waals surface area contributed by atoms with Gasteiger partial charge in [0.05, 0.1) is 11.0 Å². The second-order valence-electron chi connectivity index (χ2n) is 10.3. The number of hydrogen-bond donors (Lipinski definition) is 0. The van der Waals surface area contributed by atoms with Crippen molar-refractivity contribution < 1.29 is 0 Å². The zero-order chi connectivity index (χ0) is 28.6. The number of benzene rings is 4. The predicted molar refractivity (Wildman–Crippen MR) is 171 cm³/mol. The molecule has 0 saturated heterocycles. The zero-order valence-corrected chi connectivity index (χ0v) is 23.0. The molecule has 0 atom stereocenters. The summed E-state index contributed by atoms with van der Waals surface area (Å²) in [4.78, 5) is 22.2. The lowest BCUT2D eigenvalue weighted by Crippen LogP contribution is -1.97. The molecule has 4 aromatic carbocycles. The molecule has 43 heavy (non-hydrogen) atoms. The molecule has 202 valence electrons. The summed E-state index contributed by atoms with van der Waals surface area (Å²) in [5.74, 6) is 1.19. The Labute approximate surface area is 248 Å². The Bertz CT molecular complexity index is 2170. The van der Waals surface area contributed by atoms with Gasteiger partial charge < -0.3 is 4.57 Å². The van der Waals surface area contributed by atoms with Crippen LogP contribution in [0.25, 0.3) is 72.5 Å². The van der Waals surface area contributed by atoms with Crippen molar-refractivity contribution in [3.63, 3.8) is 0 Å². The average molecular weight is 553 g/mol. The highest BCUT2D eigenvalue weighted by Gasteiger charge is 2.15. The Hall–Kier alpha value is -6.01. The van der Waals surface area contributed by atoms with E-state index in [0.717, 1.165) is 39.1 Å². The maximum absolute atomic E-state index is 4.76. The number of nitrogens with zero attached hydrogens (tertiary/aromatic N) is 6. The molecule has 8 rings (SSSR count). The minimum absolute atomic E-state index is 0.589. The lowest BCUT2D eigenvalue weighted by Gasteiger charge is -2.14. The third kappa shape index (κ3) is 4.42. The first kappa shape index (κ1) is 24.8. The van der Waals surface area contributed by atoms with E-state index in [-0.39, 0.29) is 0 Å². The fourth-order valence-corrected chi connectivity index (χ4v) is 5.76. The summed E-state index contributed by atoms with van der Waals surface area (Å²) >= 11 is 0. The highest BCUT2D eigenvalue weighted by atomic mass is 15.0. The summed E-state index contributed by atoms with van der Waals surface area (Å²) in [6.07, 6.45) is 8.73. The number of hydrogen-bond acceptors (Lipinski definition) is 5. The van der Waals surface area contributed by atoms with Gasteiger partial charge >= 0.3 is 0 Å². The average Bonchev–Trinajstić information content (AvgIpc) is 3.43. The fraction of sp³-hybridized carbons (Fsp3) is 0. The van der Waals surface area contributed by atoms with Gasteiger partial charge in [0.2, 0.25) is 0 Å². The number of fused-ring (bicyclic) bond motifs is 3. The van der Waals surface area contributed by atoms with E-state index < -0.39 is 0 Å². The molecule has 0 unspecified atom stereocenters. The Kier molecular flexibility index (Phi) is 6.01. The van der Waals surface area contributed by atoms with E-state index in [2.05, 4.69) is 122 Å². The van der Waals surface area contributed by atoms with Crippen molar-refractivity contribution >= 4 is 21.8 Å². The Morgan fingerprint density at radius 2 is 1.07 bits per heavy atom. The van der Waals surface area contributed by atoms with Gasteiger partial charge in [0.25, 0.3) is 0 Å². The largest absolute Gasteiger partial charge is 0.309 e. The van der Waals surface area contributed by atoms with Crippen molar-refractivity contribution in [2.24, 2.45) is 0 Å². The summed E-state index contributed by atoms with van der Waals surface area (Å²) < 4.78 is 2.33. The molecule has 0 bridgehead atoms. The van der Waals surface area contributed by atoms with Crippen LogP contribution < -0.4 is 0 Å². The van der Waals surface area contributed by atoms with Gasteiger partial charge in [-0.05, 0) is 65.2 Å². The monoisotopic (exact) mass is 552 g/mol. The first-order chi connectivity index (χ1) is 21.3. The molecule has 0 spiro atoms. The van der Waals surface area contributed by atoms with Crippen LogP contribution in [0, 0.1) is 0 Å². The summed E-state index contributed by atoms with van der Waals surface area (Å²) in [5.41, 5.74) is 9.55. The van der Waals surface area contributed by atoms with E-state index in [1.54, 1.807) is 24.9 Å². The van der Waals surface area contributed by atoms with Crippen LogP contribution in [0.15, 0.2) is 146 Å². The standard InChI is InChI=1S/C37H24N6/c1-3-11-34-31(9-1)32-10-2-4-12-35(32)43(34)29-16-13-25(14-17-29)30-18-15-26(21-33(30)27-7-5-19-38-22-27)36-40-24-41-37(42-36)28-8-6-20-39-23-28/h1-24H. The first-order valence-corrected chi connectivity index (χ1v) is 14.1. The van der Waals surface area contributed by atoms with Crippen LogP contribution in [0.4, 0.5) is 0 Å². The Morgan fingerprint density at radius 1 is 0.465 bits per heavy atom. The Morgan fingerprint density at radius 3 is 1.72 bits per heavy atom. The summed E-state index contributed by atoms with van der Waals surface area (Å²) in [5, 5.41) is 2.50. The van der Waals surface area contributed by atoms with Gasteiger partial charge in [0, 0.05) is 57.9 Å². The van der Waals surface area contributed by atoms with Crippen LogP contribution >= 0.6 is 0 Å².